The Hall–Kier alpha value is -3.16. The number of pyridine rings is 1. The van der Waals surface area contributed by atoms with E-state index in [1.807, 2.05) is 0 Å². The Bertz CT molecular complexity index is 1070. The number of aromatic nitrogens is 1. The van der Waals surface area contributed by atoms with Crippen molar-refractivity contribution in [3.63, 3.8) is 0 Å². The SMILES string of the molecule is O=C(O)c1c[nH]c2c(F)cc(Cc3ccccc3C(F)(F)F)cc2c1=O. The van der Waals surface area contributed by atoms with Crippen LogP contribution in [-0.2, 0) is 12.6 Å². The van der Waals surface area contributed by atoms with Gasteiger partial charge in [0, 0.05) is 11.6 Å². The Morgan fingerprint density at radius 1 is 1.15 bits per heavy atom. The van der Waals surface area contributed by atoms with E-state index in [9.17, 15) is 27.2 Å². The maximum absolute atomic E-state index is 14.3. The molecule has 0 atom stereocenters. The molecule has 134 valence electrons. The summed E-state index contributed by atoms with van der Waals surface area (Å²) in [6.45, 7) is 0. The van der Waals surface area contributed by atoms with E-state index in [1.165, 1.54) is 24.3 Å². The fraction of sp³-hybridized carbons (Fsp3) is 0.111. The number of hydrogen-bond acceptors (Lipinski definition) is 2. The Labute approximate surface area is 143 Å². The number of alkyl halides is 3. The fourth-order valence-electron chi connectivity index (χ4n) is 2.78. The molecule has 0 spiro atoms. The van der Waals surface area contributed by atoms with Crippen LogP contribution in [-0.4, -0.2) is 16.1 Å². The van der Waals surface area contributed by atoms with Crippen LogP contribution in [0.25, 0.3) is 10.9 Å². The van der Waals surface area contributed by atoms with Crippen molar-refractivity contribution < 1.29 is 27.5 Å². The van der Waals surface area contributed by atoms with E-state index in [0.717, 1.165) is 18.3 Å². The summed E-state index contributed by atoms with van der Waals surface area (Å²) in [5.41, 5.74) is -2.49. The Balaban J connectivity index is 2.15. The van der Waals surface area contributed by atoms with Gasteiger partial charge in [0.2, 0.25) is 5.43 Å². The number of H-pyrrole nitrogens is 1. The molecule has 0 aliphatic heterocycles. The van der Waals surface area contributed by atoms with Gasteiger partial charge in [0.1, 0.15) is 11.4 Å². The average Bonchev–Trinajstić information content (AvgIpc) is 2.55. The van der Waals surface area contributed by atoms with Gasteiger partial charge in [-0.3, -0.25) is 4.79 Å². The third kappa shape index (κ3) is 3.17. The van der Waals surface area contributed by atoms with Gasteiger partial charge in [-0.25, -0.2) is 9.18 Å². The first kappa shape index (κ1) is 17.7. The molecule has 0 aliphatic carbocycles. The van der Waals surface area contributed by atoms with E-state index in [0.29, 0.717) is 0 Å². The molecular weight excluding hydrogens is 354 g/mol. The zero-order valence-corrected chi connectivity index (χ0v) is 13.0. The molecule has 0 saturated carbocycles. The summed E-state index contributed by atoms with van der Waals surface area (Å²) >= 11 is 0. The standard InChI is InChI=1S/C18H11F4NO3/c19-14-7-9(5-10-3-1-2-4-13(10)18(20,21)22)6-11-15(14)23-8-12(16(11)24)17(25)26/h1-4,6-8H,5H2,(H,23,24)(H,25,26). The molecule has 0 unspecified atom stereocenters. The number of benzene rings is 2. The van der Waals surface area contributed by atoms with Crippen LogP contribution in [0.1, 0.15) is 27.0 Å². The lowest BCUT2D eigenvalue weighted by atomic mass is 9.98. The number of carbonyl (C=O) groups is 1. The van der Waals surface area contributed by atoms with Crippen molar-refractivity contribution in [1.29, 1.82) is 0 Å². The van der Waals surface area contributed by atoms with E-state index in [1.54, 1.807) is 0 Å². The lowest BCUT2D eigenvalue weighted by Gasteiger charge is -2.13. The molecule has 1 heterocycles. The molecule has 1 aromatic heterocycles. The molecule has 0 bridgehead atoms. The second kappa shape index (κ2) is 6.29. The molecule has 26 heavy (non-hydrogen) atoms. The van der Waals surface area contributed by atoms with Crippen LogP contribution >= 0.6 is 0 Å². The maximum atomic E-state index is 14.3. The molecular formula is C18H11F4NO3. The maximum Gasteiger partial charge on any atom is 0.416 e. The lowest BCUT2D eigenvalue weighted by molar-refractivity contribution is -0.138. The van der Waals surface area contributed by atoms with Crippen LogP contribution in [0.4, 0.5) is 17.6 Å². The van der Waals surface area contributed by atoms with Crippen molar-refractivity contribution in [3.05, 3.63) is 80.9 Å². The van der Waals surface area contributed by atoms with E-state index in [-0.39, 0.29) is 28.5 Å². The molecule has 0 radical (unpaired) electrons. The Kier molecular flexibility index (Phi) is 4.27. The number of nitrogens with one attached hydrogen (secondary N) is 1. The van der Waals surface area contributed by atoms with E-state index in [2.05, 4.69) is 4.98 Å². The summed E-state index contributed by atoms with van der Waals surface area (Å²) in [5.74, 6) is -2.34. The molecule has 0 amide bonds. The smallest absolute Gasteiger partial charge is 0.416 e. The second-order valence-corrected chi connectivity index (χ2v) is 5.67. The predicted molar refractivity (Wildman–Crippen MR) is 85.7 cm³/mol. The highest BCUT2D eigenvalue weighted by atomic mass is 19.4. The van der Waals surface area contributed by atoms with Crippen LogP contribution < -0.4 is 5.43 Å². The van der Waals surface area contributed by atoms with Crippen LogP contribution in [0, 0.1) is 5.82 Å². The molecule has 4 nitrogen and oxygen atoms in total. The zero-order valence-electron chi connectivity index (χ0n) is 13.0. The number of rotatable bonds is 3. The average molecular weight is 365 g/mol. The zero-order chi connectivity index (χ0) is 19.1. The van der Waals surface area contributed by atoms with Gasteiger partial charge in [0.15, 0.2) is 0 Å². The highest BCUT2D eigenvalue weighted by Crippen LogP contribution is 2.33. The fourth-order valence-corrected chi connectivity index (χ4v) is 2.78. The molecule has 3 aromatic rings. The van der Waals surface area contributed by atoms with Gasteiger partial charge < -0.3 is 10.1 Å². The topological polar surface area (TPSA) is 70.2 Å². The molecule has 3 rings (SSSR count). The normalized spacial score (nSPS) is 11.7. The van der Waals surface area contributed by atoms with Crippen molar-refractivity contribution in [2.45, 2.75) is 12.6 Å². The summed E-state index contributed by atoms with van der Waals surface area (Å²) in [6.07, 6.45) is -3.95. The summed E-state index contributed by atoms with van der Waals surface area (Å²) in [7, 11) is 0. The minimum atomic E-state index is -4.57. The number of fused-ring (bicyclic) bond motifs is 1. The third-order valence-corrected chi connectivity index (χ3v) is 3.95. The minimum absolute atomic E-state index is 0.0791. The monoisotopic (exact) mass is 365 g/mol. The van der Waals surface area contributed by atoms with Gasteiger partial charge in [0.25, 0.3) is 0 Å². The molecule has 0 saturated heterocycles. The van der Waals surface area contributed by atoms with Crippen molar-refractivity contribution in [2.75, 3.05) is 0 Å². The van der Waals surface area contributed by atoms with Crippen LogP contribution in [0.3, 0.4) is 0 Å². The first-order chi connectivity index (χ1) is 12.2. The predicted octanol–water partition coefficient (Wildman–Crippen LogP) is 3.98. The van der Waals surface area contributed by atoms with Gasteiger partial charge in [-0.1, -0.05) is 18.2 Å². The summed E-state index contributed by atoms with van der Waals surface area (Å²) in [5, 5.41) is 8.75. The minimum Gasteiger partial charge on any atom is -0.477 e. The Morgan fingerprint density at radius 3 is 2.50 bits per heavy atom. The number of carboxylic acid groups (broad SMARTS) is 1. The number of aromatic carboxylic acids is 1. The quantitative estimate of drug-likeness (QED) is 0.690. The number of aromatic amines is 1. The Morgan fingerprint density at radius 2 is 1.85 bits per heavy atom. The van der Waals surface area contributed by atoms with Gasteiger partial charge in [0.05, 0.1) is 11.1 Å². The summed E-state index contributed by atoms with van der Waals surface area (Å²) in [4.78, 5) is 25.6. The van der Waals surface area contributed by atoms with Crippen LogP contribution in [0.5, 0.6) is 0 Å². The third-order valence-electron chi connectivity index (χ3n) is 3.95. The van der Waals surface area contributed by atoms with Crippen molar-refractivity contribution in [2.24, 2.45) is 0 Å². The summed E-state index contributed by atoms with van der Waals surface area (Å²) in [6, 6.07) is 7.09. The van der Waals surface area contributed by atoms with Crippen molar-refractivity contribution >= 4 is 16.9 Å². The second-order valence-electron chi connectivity index (χ2n) is 5.67. The van der Waals surface area contributed by atoms with Crippen LogP contribution in [0.2, 0.25) is 0 Å². The molecule has 2 aromatic carbocycles. The van der Waals surface area contributed by atoms with E-state index >= 15 is 0 Å². The first-order valence-electron chi connectivity index (χ1n) is 7.40. The van der Waals surface area contributed by atoms with Crippen molar-refractivity contribution in [3.8, 4) is 0 Å². The highest BCUT2D eigenvalue weighted by Gasteiger charge is 2.32. The van der Waals surface area contributed by atoms with Crippen LogP contribution in [0.15, 0.2) is 47.4 Å². The van der Waals surface area contributed by atoms with Gasteiger partial charge in [-0.05, 0) is 35.7 Å². The molecule has 0 aliphatic rings. The number of halogens is 4. The number of hydrogen-bond donors (Lipinski definition) is 2. The lowest BCUT2D eigenvalue weighted by Crippen LogP contribution is -2.16. The molecule has 2 N–H and O–H groups in total. The van der Waals surface area contributed by atoms with E-state index in [4.69, 9.17) is 5.11 Å². The highest BCUT2D eigenvalue weighted by molar-refractivity contribution is 5.92. The van der Waals surface area contributed by atoms with Gasteiger partial charge in [-0.2, -0.15) is 13.2 Å². The summed E-state index contributed by atoms with van der Waals surface area (Å²) < 4.78 is 53.5. The number of carboxylic acids is 1. The van der Waals surface area contributed by atoms with Crippen molar-refractivity contribution in [1.82, 2.24) is 4.98 Å². The largest absolute Gasteiger partial charge is 0.477 e. The van der Waals surface area contributed by atoms with Gasteiger partial charge in [-0.15, -0.1) is 0 Å². The van der Waals surface area contributed by atoms with Gasteiger partial charge >= 0.3 is 12.1 Å². The molecule has 8 heteroatoms. The first-order valence-corrected chi connectivity index (χ1v) is 7.40. The molecule has 0 fully saturated rings. The van der Waals surface area contributed by atoms with E-state index < -0.39 is 34.5 Å².